The van der Waals surface area contributed by atoms with Crippen molar-refractivity contribution in [2.45, 2.75) is 33.2 Å². The van der Waals surface area contributed by atoms with Gasteiger partial charge in [-0.3, -0.25) is 4.79 Å². The topological polar surface area (TPSA) is 38.3 Å². The molecule has 0 spiro atoms. The van der Waals surface area contributed by atoms with Crippen LogP contribution >= 0.6 is 0 Å². The molecule has 0 saturated heterocycles. The van der Waals surface area contributed by atoms with Gasteiger partial charge in [-0.05, 0) is 32.4 Å². The SMILES string of the molecule is Cc1ccc(OCCC(=O)NC(C)C)cc1F. The highest BCUT2D eigenvalue weighted by Gasteiger charge is 2.04. The fourth-order valence-corrected chi connectivity index (χ4v) is 1.32. The highest BCUT2D eigenvalue weighted by molar-refractivity contribution is 5.76. The highest BCUT2D eigenvalue weighted by atomic mass is 19.1. The average Bonchev–Trinajstić information content (AvgIpc) is 2.22. The monoisotopic (exact) mass is 239 g/mol. The van der Waals surface area contributed by atoms with Crippen LogP contribution < -0.4 is 10.1 Å². The standard InChI is InChI=1S/C13H18FNO2/c1-9(2)15-13(16)6-7-17-11-5-4-10(3)12(14)8-11/h4-5,8-9H,6-7H2,1-3H3,(H,15,16). The summed E-state index contributed by atoms with van der Waals surface area (Å²) in [6, 6.07) is 4.80. The number of benzene rings is 1. The Labute approximate surface area is 101 Å². The predicted octanol–water partition coefficient (Wildman–Crippen LogP) is 2.43. The second kappa shape index (κ2) is 6.23. The number of aryl methyl sites for hydroxylation is 1. The fourth-order valence-electron chi connectivity index (χ4n) is 1.32. The average molecular weight is 239 g/mol. The Morgan fingerprint density at radius 2 is 2.18 bits per heavy atom. The van der Waals surface area contributed by atoms with Crippen LogP contribution in [0.15, 0.2) is 18.2 Å². The molecule has 0 bridgehead atoms. The Morgan fingerprint density at radius 3 is 2.76 bits per heavy atom. The predicted molar refractivity (Wildman–Crippen MR) is 64.5 cm³/mol. The van der Waals surface area contributed by atoms with E-state index < -0.39 is 0 Å². The molecule has 0 fully saturated rings. The molecule has 1 aromatic rings. The van der Waals surface area contributed by atoms with Crippen LogP contribution in [0.5, 0.6) is 5.75 Å². The molecule has 0 aliphatic heterocycles. The first kappa shape index (κ1) is 13.5. The number of carbonyl (C=O) groups excluding carboxylic acids is 1. The smallest absolute Gasteiger partial charge is 0.223 e. The van der Waals surface area contributed by atoms with E-state index in [1.54, 1.807) is 19.1 Å². The summed E-state index contributed by atoms with van der Waals surface area (Å²) in [5.74, 6) is 0.0900. The van der Waals surface area contributed by atoms with E-state index in [0.29, 0.717) is 11.3 Å². The van der Waals surface area contributed by atoms with Crippen molar-refractivity contribution in [1.29, 1.82) is 0 Å². The maximum atomic E-state index is 13.2. The zero-order valence-electron chi connectivity index (χ0n) is 10.4. The molecule has 0 aliphatic carbocycles. The molecule has 1 rings (SSSR count). The first-order chi connectivity index (χ1) is 7.99. The van der Waals surface area contributed by atoms with E-state index in [4.69, 9.17) is 4.74 Å². The van der Waals surface area contributed by atoms with E-state index in [0.717, 1.165) is 0 Å². The van der Waals surface area contributed by atoms with Gasteiger partial charge in [-0.25, -0.2) is 4.39 Å². The van der Waals surface area contributed by atoms with Crippen LogP contribution in [0.3, 0.4) is 0 Å². The Bertz CT molecular complexity index is 391. The summed E-state index contributed by atoms with van der Waals surface area (Å²) in [5.41, 5.74) is 0.579. The van der Waals surface area contributed by atoms with Gasteiger partial charge < -0.3 is 10.1 Å². The van der Waals surface area contributed by atoms with Crippen LogP contribution in [0.4, 0.5) is 4.39 Å². The van der Waals surface area contributed by atoms with Gasteiger partial charge in [-0.15, -0.1) is 0 Å². The number of nitrogens with one attached hydrogen (secondary N) is 1. The van der Waals surface area contributed by atoms with Gasteiger partial charge in [0.1, 0.15) is 11.6 Å². The quantitative estimate of drug-likeness (QED) is 0.857. The van der Waals surface area contributed by atoms with Gasteiger partial charge in [0, 0.05) is 12.1 Å². The zero-order chi connectivity index (χ0) is 12.8. The molecule has 0 atom stereocenters. The molecule has 0 radical (unpaired) electrons. The van der Waals surface area contributed by atoms with Gasteiger partial charge in [0.05, 0.1) is 13.0 Å². The third-order valence-corrected chi connectivity index (χ3v) is 2.19. The summed E-state index contributed by atoms with van der Waals surface area (Å²) in [7, 11) is 0. The summed E-state index contributed by atoms with van der Waals surface area (Å²) in [5, 5.41) is 2.76. The normalized spacial score (nSPS) is 10.4. The van der Waals surface area contributed by atoms with Crippen LogP contribution in [0, 0.1) is 12.7 Å². The number of carbonyl (C=O) groups is 1. The molecular formula is C13H18FNO2. The largest absolute Gasteiger partial charge is 0.493 e. The molecule has 0 heterocycles. The molecular weight excluding hydrogens is 221 g/mol. The van der Waals surface area contributed by atoms with E-state index in [9.17, 15) is 9.18 Å². The molecule has 1 N–H and O–H groups in total. The van der Waals surface area contributed by atoms with Crippen molar-refractivity contribution in [3.8, 4) is 5.75 Å². The molecule has 1 amide bonds. The van der Waals surface area contributed by atoms with Crippen LogP contribution in [0.2, 0.25) is 0 Å². The van der Waals surface area contributed by atoms with Gasteiger partial charge in [-0.2, -0.15) is 0 Å². The molecule has 0 unspecified atom stereocenters. The minimum absolute atomic E-state index is 0.0624. The lowest BCUT2D eigenvalue weighted by Gasteiger charge is -2.09. The van der Waals surface area contributed by atoms with Crippen molar-refractivity contribution in [2.75, 3.05) is 6.61 Å². The van der Waals surface area contributed by atoms with E-state index in [1.165, 1.54) is 6.07 Å². The molecule has 94 valence electrons. The molecule has 0 saturated carbocycles. The lowest BCUT2D eigenvalue weighted by atomic mass is 10.2. The number of hydrogen-bond acceptors (Lipinski definition) is 2. The number of hydrogen-bond donors (Lipinski definition) is 1. The first-order valence-corrected chi connectivity index (χ1v) is 5.67. The van der Waals surface area contributed by atoms with Crippen molar-refractivity contribution in [3.63, 3.8) is 0 Å². The van der Waals surface area contributed by atoms with Crippen molar-refractivity contribution in [2.24, 2.45) is 0 Å². The molecule has 4 heteroatoms. The third kappa shape index (κ3) is 4.85. The molecule has 0 aliphatic rings. The number of ether oxygens (including phenoxy) is 1. The Morgan fingerprint density at radius 1 is 1.47 bits per heavy atom. The van der Waals surface area contributed by atoms with Crippen molar-refractivity contribution < 1.29 is 13.9 Å². The second-order valence-corrected chi connectivity index (χ2v) is 4.23. The Kier molecular flexibility index (Phi) is 4.94. The van der Waals surface area contributed by atoms with Gasteiger partial charge in [0.15, 0.2) is 0 Å². The van der Waals surface area contributed by atoms with E-state index >= 15 is 0 Å². The van der Waals surface area contributed by atoms with E-state index in [1.807, 2.05) is 13.8 Å². The summed E-state index contributed by atoms with van der Waals surface area (Å²) in [4.78, 5) is 11.3. The van der Waals surface area contributed by atoms with Crippen molar-refractivity contribution >= 4 is 5.91 Å². The summed E-state index contributed by atoms with van der Waals surface area (Å²) in [6.07, 6.45) is 0.272. The van der Waals surface area contributed by atoms with Crippen molar-refractivity contribution in [3.05, 3.63) is 29.6 Å². The van der Waals surface area contributed by atoms with Crippen molar-refractivity contribution in [1.82, 2.24) is 5.32 Å². The molecule has 0 aromatic heterocycles. The molecule has 17 heavy (non-hydrogen) atoms. The van der Waals surface area contributed by atoms with Crippen LogP contribution in [0.1, 0.15) is 25.8 Å². The van der Waals surface area contributed by atoms with E-state index in [2.05, 4.69) is 5.32 Å². The lowest BCUT2D eigenvalue weighted by molar-refractivity contribution is -0.122. The molecule has 3 nitrogen and oxygen atoms in total. The summed E-state index contributed by atoms with van der Waals surface area (Å²) < 4.78 is 18.5. The van der Waals surface area contributed by atoms with Crippen LogP contribution in [0.25, 0.3) is 0 Å². The van der Waals surface area contributed by atoms with Crippen LogP contribution in [-0.4, -0.2) is 18.6 Å². The lowest BCUT2D eigenvalue weighted by Crippen LogP contribution is -2.31. The Balaban J connectivity index is 2.36. The second-order valence-electron chi connectivity index (χ2n) is 4.23. The first-order valence-electron chi connectivity index (χ1n) is 5.67. The van der Waals surface area contributed by atoms with Gasteiger partial charge in [0.25, 0.3) is 0 Å². The summed E-state index contributed by atoms with van der Waals surface area (Å²) in [6.45, 7) is 5.73. The van der Waals surface area contributed by atoms with Gasteiger partial charge in [0.2, 0.25) is 5.91 Å². The van der Waals surface area contributed by atoms with Crippen LogP contribution in [-0.2, 0) is 4.79 Å². The third-order valence-electron chi connectivity index (χ3n) is 2.19. The maximum absolute atomic E-state index is 13.2. The Hall–Kier alpha value is -1.58. The highest BCUT2D eigenvalue weighted by Crippen LogP contribution is 2.15. The number of amides is 1. The minimum Gasteiger partial charge on any atom is -0.493 e. The molecule has 1 aromatic carbocycles. The summed E-state index contributed by atoms with van der Waals surface area (Å²) >= 11 is 0. The van der Waals surface area contributed by atoms with Gasteiger partial charge >= 0.3 is 0 Å². The maximum Gasteiger partial charge on any atom is 0.223 e. The fraction of sp³-hybridized carbons (Fsp3) is 0.462. The van der Waals surface area contributed by atoms with E-state index in [-0.39, 0.29) is 30.8 Å². The number of halogens is 1. The minimum atomic E-state index is -0.297. The van der Waals surface area contributed by atoms with Gasteiger partial charge in [-0.1, -0.05) is 6.07 Å². The zero-order valence-corrected chi connectivity index (χ0v) is 10.4. The number of rotatable bonds is 5.